The summed E-state index contributed by atoms with van der Waals surface area (Å²) in [6, 6.07) is 11.5. The monoisotopic (exact) mass is 272 g/mol. The van der Waals surface area contributed by atoms with Gasteiger partial charge in [-0.05, 0) is 49.8 Å². The summed E-state index contributed by atoms with van der Waals surface area (Å²) in [5.74, 6) is 1.95. The maximum Gasteiger partial charge on any atom is 0.0360 e. The first-order valence-electron chi connectivity index (χ1n) is 8.37. The lowest BCUT2D eigenvalue weighted by Crippen LogP contribution is -2.44. The van der Waals surface area contributed by atoms with Gasteiger partial charge in [0.15, 0.2) is 0 Å². The highest BCUT2D eigenvalue weighted by Gasteiger charge is 2.33. The number of fused-ring (bicyclic) bond motifs is 1. The van der Waals surface area contributed by atoms with E-state index in [1.165, 1.54) is 50.8 Å². The summed E-state index contributed by atoms with van der Waals surface area (Å²) in [5.41, 5.74) is 7.33. The number of hydrogen-bond acceptors (Lipinski definition) is 2. The summed E-state index contributed by atoms with van der Waals surface area (Å²) in [5, 5.41) is 0. The van der Waals surface area contributed by atoms with Gasteiger partial charge >= 0.3 is 0 Å². The summed E-state index contributed by atoms with van der Waals surface area (Å²) in [6.45, 7) is 3.34. The molecule has 0 amide bonds. The van der Waals surface area contributed by atoms with Gasteiger partial charge in [0.05, 0.1) is 0 Å². The molecule has 2 aliphatic rings. The molecule has 1 saturated carbocycles. The second kappa shape index (κ2) is 6.73. The summed E-state index contributed by atoms with van der Waals surface area (Å²) in [4.78, 5) is 2.72. The van der Waals surface area contributed by atoms with Crippen molar-refractivity contribution in [2.45, 2.75) is 44.6 Å². The van der Waals surface area contributed by atoms with Crippen molar-refractivity contribution in [3.63, 3.8) is 0 Å². The van der Waals surface area contributed by atoms with Crippen molar-refractivity contribution in [1.82, 2.24) is 4.90 Å². The van der Waals surface area contributed by atoms with E-state index in [4.69, 9.17) is 5.73 Å². The van der Waals surface area contributed by atoms with Crippen molar-refractivity contribution in [1.29, 1.82) is 0 Å². The maximum absolute atomic E-state index is 5.88. The zero-order chi connectivity index (χ0) is 13.8. The minimum absolute atomic E-state index is 0.532. The Morgan fingerprint density at radius 3 is 2.55 bits per heavy atom. The van der Waals surface area contributed by atoms with Gasteiger partial charge in [0, 0.05) is 12.6 Å². The first kappa shape index (κ1) is 14.1. The second-order valence-electron chi connectivity index (χ2n) is 6.59. The number of rotatable bonds is 4. The Kier molecular flexibility index (Phi) is 4.74. The zero-order valence-corrected chi connectivity index (χ0v) is 12.5. The van der Waals surface area contributed by atoms with Crippen molar-refractivity contribution in [2.24, 2.45) is 17.6 Å². The molecule has 0 spiro atoms. The molecular weight excluding hydrogens is 244 g/mol. The molecule has 2 heteroatoms. The van der Waals surface area contributed by atoms with Crippen LogP contribution >= 0.6 is 0 Å². The number of piperidine rings is 1. The van der Waals surface area contributed by atoms with Crippen molar-refractivity contribution >= 4 is 0 Å². The predicted molar refractivity (Wildman–Crippen MR) is 84.5 cm³/mol. The molecule has 3 rings (SSSR count). The Bertz CT molecular complexity index is 403. The molecule has 0 radical (unpaired) electrons. The largest absolute Gasteiger partial charge is 0.330 e. The lowest BCUT2D eigenvalue weighted by atomic mass is 9.74. The molecule has 0 bridgehead atoms. The molecule has 1 heterocycles. The molecule has 1 aliphatic heterocycles. The van der Waals surface area contributed by atoms with Crippen molar-refractivity contribution in [3.05, 3.63) is 35.9 Å². The van der Waals surface area contributed by atoms with Gasteiger partial charge in [-0.2, -0.15) is 0 Å². The fraction of sp³-hybridized carbons (Fsp3) is 0.667. The molecule has 3 unspecified atom stereocenters. The van der Waals surface area contributed by atoms with E-state index in [9.17, 15) is 0 Å². The van der Waals surface area contributed by atoms with Crippen LogP contribution in [0.15, 0.2) is 30.3 Å². The Balaban J connectivity index is 1.72. The van der Waals surface area contributed by atoms with E-state index in [1.54, 1.807) is 0 Å². The number of benzene rings is 1. The maximum atomic E-state index is 5.88. The van der Waals surface area contributed by atoms with Gasteiger partial charge in [-0.1, -0.05) is 49.6 Å². The first-order chi connectivity index (χ1) is 9.88. The fourth-order valence-corrected chi connectivity index (χ4v) is 4.31. The fourth-order valence-electron chi connectivity index (χ4n) is 4.31. The molecule has 2 nitrogen and oxygen atoms in total. The highest BCUT2D eigenvalue weighted by molar-refractivity contribution is 5.19. The van der Waals surface area contributed by atoms with Crippen LogP contribution in [0.3, 0.4) is 0 Å². The minimum atomic E-state index is 0.532. The van der Waals surface area contributed by atoms with E-state index in [0.29, 0.717) is 6.04 Å². The third-order valence-corrected chi connectivity index (χ3v) is 5.39. The van der Waals surface area contributed by atoms with E-state index >= 15 is 0 Å². The van der Waals surface area contributed by atoms with E-state index in [2.05, 4.69) is 35.2 Å². The van der Waals surface area contributed by atoms with Crippen LogP contribution in [0.2, 0.25) is 0 Å². The van der Waals surface area contributed by atoms with Gasteiger partial charge in [-0.25, -0.2) is 0 Å². The van der Waals surface area contributed by atoms with Gasteiger partial charge in [-0.15, -0.1) is 0 Å². The van der Waals surface area contributed by atoms with E-state index < -0.39 is 0 Å². The van der Waals surface area contributed by atoms with Crippen LogP contribution in [0.4, 0.5) is 0 Å². The molecule has 3 atom stereocenters. The molecule has 2 fully saturated rings. The van der Waals surface area contributed by atoms with Crippen LogP contribution in [-0.4, -0.2) is 24.5 Å². The molecule has 1 aromatic rings. The normalized spacial score (nSPS) is 28.9. The average molecular weight is 272 g/mol. The molecule has 110 valence electrons. The Morgan fingerprint density at radius 2 is 1.80 bits per heavy atom. The number of likely N-dealkylation sites (tertiary alicyclic amines) is 1. The van der Waals surface area contributed by atoms with Gasteiger partial charge in [-0.3, -0.25) is 4.90 Å². The molecule has 1 aliphatic carbocycles. The molecule has 20 heavy (non-hydrogen) atoms. The number of hydrogen-bond donors (Lipinski definition) is 1. The van der Waals surface area contributed by atoms with Crippen LogP contribution in [0.1, 0.15) is 50.1 Å². The lowest BCUT2D eigenvalue weighted by molar-refractivity contribution is 0.0540. The van der Waals surface area contributed by atoms with E-state index in [1.807, 2.05) is 0 Å². The Hall–Kier alpha value is -0.860. The van der Waals surface area contributed by atoms with E-state index in [0.717, 1.165) is 24.8 Å². The SMILES string of the molecule is NCCC(c1ccccc1)N1CCC2CCCCC2C1. The summed E-state index contributed by atoms with van der Waals surface area (Å²) in [6.07, 6.45) is 8.32. The standard InChI is InChI=1S/C18H28N2/c19-12-10-18(16-7-2-1-3-8-16)20-13-11-15-6-4-5-9-17(15)14-20/h1-3,7-8,15,17-18H,4-6,9-14,19H2. The second-order valence-corrected chi connectivity index (χ2v) is 6.59. The number of nitrogens with two attached hydrogens (primary N) is 1. The van der Waals surface area contributed by atoms with Crippen LogP contribution in [0.25, 0.3) is 0 Å². The highest BCUT2D eigenvalue weighted by atomic mass is 15.2. The Morgan fingerprint density at radius 1 is 1.05 bits per heavy atom. The Labute approximate surface area is 123 Å². The van der Waals surface area contributed by atoms with Crippen LogP contribution in [0, 0.1) is 11.8 Å². The highest BCUT2D eigenvalue weighted by Crippen LogP contribution is 2.39. The lowest BCUT2D eigenvalue weighted by Gasteiger charge is -2.44. The minimum Gasteiger partial charge on any atom is -0.330 e. The molecule has 1 aromatic carbocycles. The molecule has 1 saturated heterocycles. The topological polar surface area (TPSA) is 29.3 Å². The van der Waals surface area contributed by atoms with Crippen LogP contribution in [-0.2, 0) is 0 Å². The zero-order valence-electron chi connectivity index (χ0n) is 12.5. The third-order valence-electron chi connectivity index (χ3n) is 5.39. The van der Waals surface area contributed by atoms with Crippen molar-refractivity contribution < 1.29 is 0 Å². The average Bonchev–Trinajstić information content (AvgIpc) is 2.53. The van der Waals surface area contributed by atoms with Crippen LogP contribution in [0.5, 0.6) is 0 Å². The molecule has 0 aromatic heterocycles. The quantitative estimate of drug-likeness (QED) is 0.907. The van der Waals surface area contributed by atoms with Crippen molar-refractivity contribution in [3.8, 4) is 0 Å². The van der Waals surface area contributed by atoms with E-state index in [-0.39, 0.29) is 0 Å². The first-order valence-corrected chi connectivity index (χ1v) is 8.37. The van der Waals surface area contributed by atoms with Gasteiger partial charge in [0.2, 0.25) is 0 Å². The number of nitrogens with zero attached hydrogens (tertiary/aromatic N) is 1. The van der Waals surface area contributed by atoms with Crippen molar-refractivity contribution in [2.75, 3.05) is 19.6 Å². The van der Waals surface area contributed by atoms with Gasteiger partial charge in [0.1, 0.15) is 0 Å². The van der Waals surface area contributed by atoms with Gasteiger partial charge < -0.3 is 5.73 Å². The van der Waals surface area contributed by atoms with Gasteiger partial charge in [0.25, 0.3) is 0 Å². The summed E-state index contributed by atoms with van der Waals surface area (Å²) >= 11 is 0. The smallest absolute Gasteiger partial charge is 0.0360 e. The third kappa shape index (κ3) is 3.07. The van der Waals surface area contributed by atoms with Crippen LogP contribution < -0.4 is 5.73 Å². The summed E-state index contributed by atoms with van der Waals surface area (Å²) in [7, 11) is 0. The molecular formula is C18H28N2. The summed E-state index contributed by atoms with van der Waals surface area (Å²) < 4.78 is 0. The molecule has 2 N–H and O–H groups in total. The predicted octanol–water partition coefficient (Wildman–Crippen LogP) is 3.59.